The average Bonchev–Trinajstić information content (AvgIpc) is 3.37. The molecule has 2 unspecified atom stereocenters. The number of alkyl halides is 3. The molecule has 0 spiro atoms. The maximum atomic E-state index is 14.4. The molecule has 3 aromatic rings. The molecule has 1 aliphatic rings. The van der Waals surface area contributed by atoms with Gasteiger partial charge in [0.05, 0.1) is 18.8 Å². The SMILES string of the molecule is CNC.CNC(=O)c1ccc(Cl)cc1.COc1cc(F)c(C2CC(=O)N(c3nccc(NC(C)C=O)c3C(F)(F)F)C2)c(F)c1. The van der Waals surface area contributed by atoms with Gasteiger partial charge in [0.15, 0.2) is 0 Å². The molecule has 0 bridgehead atoms. The first-order valence-corrected chi connectivity index (χ1v) is 13.8. The third kappa shape index (κ3) is 9.85. The minimum absolute atomic E-state index is 0.0657. The lowest BCUT2D eigenvalue weighted by Crippen LogP contribution is -2.30. The van der Waals surface area contributed by atoms with Gasteiger partial charge in [-0.05, 0) is 51.4 Å². The van der Waals surface area contributed by atoms with Gasteiger partial charge in [-0.3, -0.25) is 14.5 Å². The van der Waals surface area contributed by atoms with E-state index in [1.54, 1.807) is 31.3 Å². The summed E-state index contributed by atoms with van der Waals surface area (Å²) in [6.07, 6.45) is -3.84. The van der Waals surface area contributed by atoms with Crippen molar-refractivity contribution in [2.45, 2.75) is 31.5 Å². The van der Waals surface area contributed by atoms with Crippen LogP contribution in [0.2, 0.25) is 5.02 Å². The van der Waals surface area contributed by atoms with Gasteiger partial charge in [0.2, 0.25) is 5.91 Å². The van der Waals surface area contributed by atoms with Crippen molar-refractivity contribution >= 4 is 41.2 Å². The number of halogens is 6. The summed E-state index contributed by atoms with van der Waals surface area (Å²) in [4.78, 5) is 38.9. The number of ether oxygens (including phenoxy) is 1. The predicted octanol–water partition coefficient (Wildman–Crippen LogP) is 5.44. The molecule has 1 fully saturated rings. The topological polar surface area (TPSA) is 113 Å². The number of rotatable bonds is 7. The summed E-state index contributed by atoms with van der Waals surface area (Å²) in [5.74, 6) is -4.57. The van der Waals surface area contributed by atoms with Crippen molar-refractivity contribution in [1.29, 1.82) is 0 Å². The van der Waals surface area contributed by atoms with Gasteiger partial charge in [-0.1, -0.05) is 11.6 Å². The third-order valence-corrected chi connectivity index (χ3v) is 6.46. The Hall–Kier alpha value is -4.30. The molecule has 1 aliphatic heterocycles. The molecule has 2 atom stereocenters. The average molecular weight is 658 g/mol. The number of hydrogen-bond donors (Lipinski definition) is 3. The van der Waals surface area contributed by atoms with E-state index in [4.69, 9.17) is 16.3 Å². The Balaban J connectivity index is 0.000000418. The second kappa shape index (κ2) is 16.7. The molecule has 45 heavy (non-hydrogen) atoms. The van der Waals surface area contributed by atoms with Crippen LogP contribution < -0.4 is 25.6 Å². The van der Waals surface area contributed by atoms with Crippen molar-refractivity contribution in [1.82, 2.24) is 15.6 Å². The van der Waals surface area contributed by atoms with Crippen LogP contribution in [0.1, 0.15) is 40.7 Å². The Morgan fingerprint density at radius 3 is 2.18 bits per heavy atom. The van der Waals surface area contributed by atoms with E-state index in [0.29, 0.717) is 16.9 Å². The zero-order valence-corrected chi connectivity index (χ0v) is 25.8. The number of amides is 2. The minimum Gasteiger partial charge on any atom is -0.497 e. The maximum Gasteiger partial charge on any atom is 0.421 e. The number of methoxy groups -OCH3 is 1. The first kappa shape index (κ1) is 36.9. The molecular weight excluding hydrogens is 625 g/mol. The van der Waals surface area contributed by atoms with Gasteiger partial charge >= 0.3 is 6.18 Å². The quantitative estimate of drug-likeness (QED) is 0.229. The highest BCUT2D eigenvalue weighted by Gasteiger charge is 2.43. The van der Waals surface area contributed by atoms with Crippen LogP contribution in [-0.2, 0) is 15.8 Å². The van der Waals surface area contributed by atoms with E-state index in [0.717, 1.165) is 29.3 Å². The monoisotopic (exact) mass is 657 g/mol. The molecule has 15 heteroatoms. The van der Waals surface area contributed by atoms with Gasteiger partial charge in [-0.25, -0.2) is 13.8 Å². The molecule has 2 amide bonds. The number of carbonyl (C=O) groups is 3. The van der Waals surface area contributed by atoms with Crippen LogP contribution in [0, 0.1) is 11.6 Å². The first-order chi connectivity index (χ1) is 21.2. The van der Waals surface area contributed by atoms with Crippen LogP contribution in [0.25, 0.3) is 0 Å². The van der Waals surface area contributed by atoms with Crippen molar-refractivity contribution in [2.24, 2.45) is 0 Å². The van der Waals surface area contributed by atoms with E-state index in [1.807, 2.05) is 14.1 Å². The van der Waals surface area contributed by atoms with Crippen LogP contribution in [-0.4, -0.2) is 63.9 Å². The summed E-state index contributed by atoms with van der Waals surface area (Å²) < 4.78 is 75.2. The lowest BCUT2D eigenvalue weighted by Gasteiger charge is -2.24. The van der Waals surface area contributed by atoms with Crippen LogP contribution in [0.15, 0.2) is 48.7 Å². The highest BCUT2D eigenvalue weighted by molar-refractivity contribution is 6.30. The van der Waals surface area contributed by atoms with E-state index in [9.17, 15) is 36.3 Å². The van der Waals surface area contributed by atoms with E-state index in [1.165, 1.54) is 14.0 Å². The summed E-state index contributed by atoms with van der Waals surface area (Å²) in [5, 5.41) is 8.32. The van der Waals surface area contributed by atoms with E-state index in [2.05, 4.69) is 20.9 Å². The molecule has 2 aromatic carbocycles. The summed E-state index contributed by atoms with van der Waals surface area (Å²) in [6, 6.07) is 8.72. The van der Waals surface area contributed by atoms with Gasteiger partial charge in [0.1, 0.15) is 35.1 Å². The zero-order valence-electron chi connectivity index (χ0n) is 25.1. The Bertz CT molecular complexity index is 1450. The number of nitrogens with zero attached hydrogens (tertiary/aromatic N) is 2. The number of carbonyl (C=O) groups excluding carboxylic acids is 3. The fourth-order valence-corrected chi connectivity index (χ4v) is 4.38. The molecule has 9 nitrogen and oxygen atoms in total. The highest BCUT2D eigenvalue weighted by atomic mass is 35.5. The van der Waals surface area contributed by atoms with Crippen molar-refractivity contribution in [3.63, 3.8) is 0 Å². The van der Waals surface area contributed by atoms with Crippen molar-refractivity contribution in [2.75, 3.05) is 45.0 Å². The molecule has 0 aliphatic carbocycles. The van der Waals surface area contributed by atoms with Crippen molar-refractivity contribution < 1.29 is 41.1 Å². The van der Waals surface area contributed by atoms with Gasteiger partial charge in [-0.15, -0.1) is 0 Å². The lowest BCUT2D eigenvalue weighted by molar-refractivity contribution is -0.136. The zero-order chi connectivity index (χ0) is 33.9. The maximum absolute atomic E-state index is 14.4. The number of aromatic nitrogens is 1. The number of hydrogen-bond acceptors (Lipinski definition) is 7. The standard InChI is InChI=1S/C20H18F5N3O3.C8H8ClNO.C2H7N/c1-10(9-29)27-15-3-4-26-19(18(15)20(23,24)25)28-8-11(5-16(28)30)17-13(21)6-12(31-2)7-14(17)22;1-10-8(11)6-2-4-7(9)5-3-6;1-3-2/h3-4,6-7,9-11H,5,8H2,1-2H3,(H,26,27);2-5H,1H3,(H,10,11);3H,1-2H3. The molecule has 1 saturated heterocycles. The summed E-state index contributed by atoms with van der Waals surface area (Å²) in [6.45, 7) is 0.960. The number of nitrogens with one attached hydrogen (secondary N) is 3. The molecule has 4 rings (SSSR count). The van der Waals surface area contributed by atoms with Gasteiger partial charge < -0.3 is 25.5 Å². The Morgan fingerprint density at radius 1 is 1.11 bits per heavy atom. The first-order valence-electron chi connectivity index (χ1n) is 13.4. The molecular formula is C30H33ClF5N5O4. The molecule has 0 radical (unpaired) electrons. The number of benzene rings is 2. The van der Waals surface area contributed by atoms with Gasteiger partial charge in [-0.2, -0.15) is 13.2 Å². The minimum atomic E-state index is -4.91. The predicted molar refractivity (Wildman–Crippen MR) is 161 cm³/mol. The third-order valence-electron chi connectivity index (χ3n) is 6.21. The van der Waals surface area contributed by atoms with Gasteiger partial charge in [0, 0.05) is 60.4 Å². The van der Waals surface area contributed by atoms with Crippen LogP contribution in [0.3, 0.4) is 0 Å². The van der Waals surface area contributed by atoms with E-state index in [-0.39, 0.29) is 11.7 Å². The smallest absolute Gasteiger partial charge is 0.421 e. The molecule has 244 valence electrons. The second-order valence-electron chi connectivity index (χ2n) is 9.62. The normalized spacial score (nSPS) is 14.8. The lowest BCUT2D eigenvalue weighted by atomic mass is 9.97. The van der Waals surface area contributed by atoms with Crippen LogP contribution in [0.4, 0.5) is 33.5 Å². The second-order valence-corrected chi connectivity index (χ2v) is 10.1. The van der Waals surface area contributed by atoms with Gasteiger partial charge in [0.25, 0.3) is 5.91 Å². The fourth-order valence-electron chi connectivity index (χ4n) is 4.25. The largest absolute Gasteiger partial charge is 0.497 e. The van der Waals surface area contributed by atoms with Crippen LogP contribution >= 0.6 is 11.6 Å². The molecule has 0 saturated carbocycles. The Morgan fingerprint density at radius 2 is 1.69 bits per heavy atom. The Kier molecular flexibility index (Phi) is 13.7. The molecule has 1 aromatic heterocycles. The summed E-state index contributed by atoms with van der Waals surface area (Å²) in [5.41, 5.74) is -1.46. The summed E-state index contributed by atoms with van der Waals surface area (Å²) in [7, 11) is 6.57. The number of anilines is 2. The number of aldehydes is 1. The van der Waals surface area contributed by atoms with E-state index >= 15 is 0 Å². The Labute approximate surface area is 262 Å². The van der Waals surface area contributed by atoms with Crippen molar-refractivity contribution in [3.8, 4) is 5.75 Å². The fraction of sp³-hybridized carbons (Fsp3) is 0.333. The molecule has 3 N–H and O–H groups in total. The molecule has 2 heterocycles. The summed E-state index contributed by atoms with van der Waals surface area (Å²) >= 11 is 5.63. The van der Waals surface area contributed by atoms with Crippen molar-refractivity contribution in [3.05, 3.63) is 82.0 Å². The highest BCUT2D eigenvalue weighted by Crippen LogP contribution is 2.43. The van der Waals surface area contributed by atoms with Crippen LogP contribution in [0.5, 0.6) is 5.75 Å². The van der Waals surface area contributed by atoms with E-state index < -0.39 is 71.3 Å². The number of pyridine rings is 1.